The number of hydrogen-bond donors (Lipinski definition) is 0. The Hall–Kier alpha value is -1.55. The van der Waals surface area contributed by atoms with E-state index in [1.165, 1.54) is 0 Å². The van der Waals surface area contributed by atoms with Crippen LogP contribution in [-0.4, -0.2) is 28.9 Å². The minimum absolute atomic E-state index is 0.0588. The normalized spacial score (nSPS) is 15.7. The van der Waals surface area contributed by atoms with Crippen LogP contribution in [0.15, 0.2) is 22.6 Å². The van der Waals surface area contributed by atoms with Gasteiger partial charge in [-0.25, -0.2) is 0 Å². The first-order valence-electron chi connectivity index (χ1n) is 5.59. The third-order valence-corrected chi connectivity index (χ3v) is 3.16. The molecular weight excluding hydrogens is 240 g/mol. The highest BCUT2D eigenvalue weighted by Crippen LogP contribution is 2.21. The predicted molar refractivity (Wildman–Crippen MR) is 64.2 cm³/mol. The number of oxazole rings is 1. The number of hydrogen-bond acceptors (Lipinski definition) is 3. The Bertz CT molecular complexity index is 573. The Balaban J connectivity index is 1.96. The first-order valence-corrected chi connectivity index (χ1v) is 5.97. The fraction of sp³-hybridized carbons (Fsp3) is 0.333. The van der Waals surface area contributed by atoms with Gasteiger partial charge in [-0.3, -0.25) is 4.79 Å². The Morgan fingerprint density at radius 1 is 1.35 bits per heavy atom. The zero-order valence-electron chi connectivity index (χ0n) is 9.15. The lowest BCUT2D eigenvalue weighted by Crippen LogP contribution is -2.27. The Morgan fingerprint density at radius 2 is 2.12 bits per heavy atom. The van der Waals surface area contributed by atoms with E-state index in [1.807, 2.05) is 4.90 Å². The SMILES string of the molecule is O=C(c1ccc2oc(Cl)nc2c1)N1CCCC1. The van der Waals surface area contributed by atoms with Crippen molar-refractivity contribution in [1.29, 1.82) is 0 Å². The van der Waals surface area contributed by atoms with Crippen LogP contribution in [0, 0.1) is 0 Å². The fourth-order valence-electron chi connectivity index (χ4n) is 2.14. The lowest BCUT2D eigenvalue weighted by atomic mass is 10.2. The zero-order valence-corrected chi connectivity index (χ0v) is 9.91. The zero-order chi connectivity index (χ0) is 11.8. The van der Waals surface area contributed by atoms with Gasteiger partial charge in [0.1, 0.15) is 5.52 Å². The molecule has 1 aromatic carbocycles. The quantitative estimate of drug-likeness (QED) is 0.782. The number of fused-ring (bicyclic) bond motifs is 1. The Kier molecular flexibility index (Phi) is 2.52. The number of halogens is 1. The number of carbonyl (C=O) groups is 1. The van der Waals surface area contributed by atoms with Gasteiger partial charge in [0.2, 0.25) is 0 Å². The first kappa shape index (κ1) is 10.6. The summed E-state index contributed by atoms with van der Waals surface area (Å²) in [4.78, 5) is 18.0. The summed E-state index contributed by atoms with van der Waals surface area (Å²) in [5, 5.41) is 0.103. The molecule has 1 aliphatic rings. The summed E-state index contributed by atoms with van der Waals surface area (Å²) in [5.74, 6) is 0.0588. The minimum atomic E-state index is 0.0588. The molecular formula is C12H11ClN2O2. The summed E-state index contributed by atoms with van der Waals surface area (Å²) in [6, 6.07) is 5.22. The third-order valence-electron chi connectivity index (χ3n) is 3.00. The summed E-state index contributed by atoms with van der Waals surface area (Å²) in [6.45, 7) is 1.69. The molecule has 1 saturated heterocycles. The van der Waals surface area contributed by atoms with Crippen LogP contribution in [0.2, 0.25) is 5.35 Å². The maximum Gasteiger partial charge on any atom is 0.293 e. The molecule has 0 unspecified atom stereocenters. The number of benzene rings is 1. The molecule has 0 bridgehead atoms. The van der Waals surface area contributed by atoms with Crippen molar-refractivity contribution in [2.24, 2.45) is 0 Å². The van der Waals surface area contributed by atoms with Gasteiger partial charge in [0.25, 0.3) is 11.3 Å². The molecule has 1 fully saturated rings. The van der Waals surface area contributed by atoms with Gasteiger partial charge in [-0.2, -0.15) is 4.98 Å². The van der Waals surface area contributed by atoms with Gasteiger partial charge in [0, 0.05) is 18.7 Å². The monoisotopic (exact) mass is 250 g/mol. The predicted octanol–water partition coefficient (Wildman–Crippen LogP) is 2.72. The molecule has 0 atom stereocenters. The third kappa shape index (κ3) is 1.89. The molecule has 17 heavy (non-hydrogen) atoms. The van der Waals surface area contributed by atoms with Gasteiger partial charge >= 0.3 is 0 Å². The Labute approximate surface area is 103 Å². The molecule has 3 rings (SSSR count). The molecule has 4 nitrogen and oxygen atoms in total. The number of nitrogens with zero attached hydrogens (tertiary/aromatic N) is 2. The second-order valence-corrected chi connectivity index (χ2v) is 4.47. The summed E-state index contributed by atoms with van der Waals surface area (Å²) >= 11 is 5.67. The van der Waals surface area contributed by atoms with Gasteiger partial charge in [0.15, 0.2) is 5.58 Å². The summed E-state index contributed by atoms with van der Waals surface area (Å²) < 4.78 is 5.16. The van der Waals surface area contributed by atoms with Gasteiger partial charge < -0.3 is 9.32 Å². The van der Waals surface area contributed by atoms with Crippen LogP contribution < -0.4 is 0 Å². The number of rotatable bonds is 1. The molecule has 5 heteroatoms. The van der Waals surface area contributed by atoms with E-state index in [4.69, 9.17) is 16.0 Å². The number of carbonyl (C=O) groups excluding carboxylic acids is 1. The van der Waals surface area contributed by atoms with Gasteiger partial charge in [0.05, 0.1) is 0 Å². The molecule has 0 spiro atoms. The molecule has 1 aliphatic heterocycles. The second kappa shape index (κ2) is 4.04. The maximum atomic E-state index is 12.1. The summed E-state index contributed by atoms with van der Waals surface area (Å²) in [6.07, 6.45) is 2.17. The fourth-order valence-corrected chi connectivity index (χ4v) is 2.31. The molecule has 1 aromatic heterocycles. The highest BCUT2D eigenvalue weighted by molar-refractivity contribution is 6.28. The van der Waals surface area contributed by atoms with Gasteiger partial charge in [-0.05, 0) is 42.6 Å². The average molecular weight is 251 g/mol. The van der Waals surface area contributed by atoms with E-state index in [-0.39, 0.29) is 11.3 Å². The van der Waals surface area contributed by atoms with Crippen molar-refractivity contribution >= 4 is 28.6 Å². The van der Waals surface area contributed by atoms with Crippen molar-refractivity contribution in [2.45, 2.75) is 12.8 Å². The van der Waals surface area contributed by atoms with Crippen molar-refractivity contribution < 1.29 is 9.21 Å². The molecule has 0 aliphatic carbocycles. The van der Waals surface area contributed by atoms with E-state index in [0.29, 0.717) is 16.7 Å². The molecule has 1 amide bonds. The maximum absolute atomic E-state index is 12.1. The van der Waals surface area contributed by atoms with E-state index in [2.05, 4.69) is 4.98 Å². The van der Waals surface area contributed by atoms with Crippen molar-refractivity contribution in [2.75, 3.05) is 13.1 Å². The number of aromatic nitrogens is 1. The lowest BCUT2D eigenvalue weighted by Gasteiger charge is -2.14. The van der Waals surface area contributed by atoms with Crippen molar-refractivity contribution in [1.82, 2.24) is 9.88 Å². The van der Waals surface area contributed by atoms with E-state index in [9.17, 15) is 4.79 Å². The molecule has 88 valence electrons. The van der Waals surface area contributed by atoms with Crippen LogP contribution in [0.25, 0.3) is 11.1 Å². The van der Waals surface area contributed by atoms with Crippen LogP contribution in [0.4, 0.5) is 0 Å². The van der Waals surface area contributed by atoms with E-state index >= 15 is 0 Å². The molecule has 0 N–H and O–H groups in total. The summed E-state index contributed by atoms with van der Waals surface area (Å²) in [7, 11) is 0. The number of amides is 1. The van der Waals surface area contributed by atoms with Gasteiger partial charge in [-0.1, -0.05) is 0 Å². The highest BCUT2D eigenvalue weighted by Gasteiger charge is 2.20. The topological polar surface area (TPSA) is 46.3 Å². The molecule has 2 aromatic rings. The van der Waals surface area contributed by atoms with Crippen LogP contribution >= 0.6 is 11.6 Å². The van der Waals surface area contributed by atoms with Crippen molar-refractivity contribution in [3.05, 3.63) is 29.1 Å². The van der Waals surface area contributed by atoms with E-state index < -0.39 is 0 Å². The average Bonchev–Trinajstić information content (AvgIpc) is 2.94. The highest BCUT2D eigenvalue weighted by atomic mass is 35.5. The van der Waals surface area contributed by atoms with E-state index in [1.54, 1.807) is 18.2 Å². The van der Waals surface area contributed by atoms with Crippen LogP contribution in [0.5, 0.6) is 0 Å². The van der Waals surface area contributed by atoms with Crippen molar-refractivity contribution in [3.63, 3.8) is 0 Å². The number of likely N-dealkylation sites (tertiary alicyclic amines) is 1. The van der Waals surface area contributed by atoms with E-state index in [0.717, 1.165) is 25.9 Å². The Morgan fingerprint density at radius 3 is 2.88 bits per heavy atom. The van der Waals surface area contributed by atoms with Crippen molar-refractivity contribution in [3.8, 4) is 0 Å². The first-order chi connectivity index (χ1) is 8.24. The van der Waals surface area contributed by atoms with Gasteiger partial charge in [-0.15, -0.1) is 0 Å². The molecule has 0 radical (unpaired) electrons. The minimum Gasteiger partial charge on any atom is -0.428 e. The summed E-state index contributed by atoms with van der Waals surface area (Å²) in [5.41, 5.74) is 1.87. The van der Waals surface area contributed by atoms with Crippen LogP contribution in [0.1, 0.15) is 23.2 Å². The second-order valence-electron chi connectivity index (χ2n) is 4.15. The molecule has 0 saturated carbocycles. The largest absolute Gasteiger partial charge is 0.428 e. The lowest BCUT2D eigenvalue weighted by molar-refractivity contribution is 0.0793. The van der Waals surface area contributed by atoms with Crippen LogP contribution in [0.3, 0.4) is 0 Å². The smallest absolute Gasteiger partial charge is 0.293 e. The standard InChI is InChI=1S/C12H11ClN2O2/c13-12-14-9-7-8(3-4-10(9)17-12)11(16)15-5-1-2-6-15/h3-4,7H,1-2,5-6H2. The molecule has 2 heterocycles. The van der Waals surface area contributed by atoms with Crippen LogP contribution in [-0.2, 0) is 0 Å².